The molecule has 1 aliphatic heterocycles. The number of aliphatic imine (C=N–C) groups is 1. The molecule has 3 amide bonds. The number of urea groups is 1. The van der Waals surface area contributed by atoms with Crippen LogP contribution in [-0.2, 0) is 9.59 Å². The number of carbonyl (C=O) groups excluding carboxylic acids is 2. The van der Waals surface area contributed by atoms with Crippen LogP contribution in [0.15, 0.2) is 29.3 Å². The summed E-state index contributed by atoms with van der Waals surface area (Å²) in [5.41, 5.74) is 0.360. The Morgan fingerprint density at radius 1 is 1.44 bits per heavy atom. The summed E-state index contributed by atoms with van der Waals surface area (Å²) in [5.74, 6) is -2.42. The minimum Gasteiger partial charge on any atom is -0.480 e. The van der Waals surface area contributed by atoms with Gasteiger partial charge in [0.2, 0.25) is 5.91 Å². The molecule has 0 saturated heterocycles. The molecule has 0 radical (unpaired) electrons. The average Bonchev–Trinajstić information content (AvgIpc) is 2.24. The first-order chi connectivity index (χ1) is 7.59. The van der Waals surface area contributed by atoms with E-state index in [1.807, 2.05) is 0 Å². The Balaban J connectivity index is 2.33. The summed E-state index contributed by atoms with van der Waals surface area (Å²) in [7, 11) is 0. The lowest BCUT2D eigenvalue weighted by atomic mass is 9.95. The maximum absolute atomic E-state index is 11.8. The van der Waals surface area contributed by atoms with Gasteiger partial charge in [-0.05, 0) is 6.08 Å². The van der Waals surface area contributed by atoms with Crippen molar-refractivity contribution in [3.63, 3.8) is 0 Å². The molecule has 0 aromatic heterocycles. The van der Waals surface area contributed by atoms with Gasteiger partial charge in [-0.2, -0.15) is 4.99 Å². The Hall–Kier alpha value is -2.24. The molecular formula is C10H8N2O4. The number of nitrogens with zero attached hydrogens (tertiary/aromatic N) is 2. The van der Waals surface area contributed by atoms with Crippen LogP contribution < -0.4 is 0 Å². The van der Waals surface area contributed by atoms with Crippen molar-refractivity contribution in [2.24, 2.45) is 10.9 Å². The van der Waals surface area contributed by atoms with Crippen molar-refractivity contribution in [1.29, 1.82) is 0 Å². The summed E-state index contributed by atoms with van der Waals surface area (Å²) in [6, 6.07) is -0.821. The van der Waals surface area contributed by atoms with E-state index < -0.39 is 30.4 Å². The van der Waals surface area contributed by atoms with Crippen molar-refractivity contribution < 1.29 is 19.5 Å². The predicted octanol–water partition coefficient (Wildman–Crippen LogP) is 0.216. The van der Waals surface area contributed by atoms with Crippen LogP contribution in [0.4, 0.5) is 4.79 Å². The van der Waals surface area contributed by atoms with Crippen LogP contribution in [0.25, 0.3) is 0 Å². The lowest BCUT2D eigenvalue weighted by Crippen LogP contribution is -2.48. The van der Waals surface area contributed by atoms with Crippen molar-refractivity contribution >= 4 is 23.6 Å². The molecule has 0 fully saturated rings. The monoisotopic (exact) mass is 220 g/mol. The van der Waals surface area contributed by atoms with Crippen LogP contribution >= 0.6 is 0 Å². The molecular weight excluding hydrogens is 212 g/mol. The van der Waals surface area contributed by atoms with E-state index in [-0.39, 0.29) is 0 Å². The van der Waals surface area contributed by atoms with E-state index in [4.69, 9.17) is 5.11 Å². The third-order valence-electron chi connectivity index (χ3n) is 2.28. The molecule has 0 aromatic rings. The number of allylic oxidation sites excluding steroid dienone is 3. The van der Waals surface area contributed by atoms with Gasteiger partial charge in [-0.3, -0.25) is 14.5 Å². The second-order valence-corrected chi connectivity index (χ2v) is 3.36. The molecule has 82 valence electrons. The summed E-state index contributed by atoms with van der Waals surface area (Å²) >= 11 is 0. The molecule has 1 unspecified atom stereocenters. The van der Waals surface area contributed by atoms with Gasteiger partial charge in [-0.1, -0.05) is 18.2 Å². The zero-order valence-electron chi connectivity index (χ0n) is 8.16. The van der Waals surface area contributed by atoms with Crippen LogP contribution in [0.2, 0.25) is 0 Å². The van der Waals surface area contributed by atoms with Crippen LogP contribution in [0.5, 0.6) is 0 Å². The SMILES string of the molecule is O=C(O)CN1C(=O)N=C2C=CC=CC2C1=O. The summed E-state index contributed by atoms with van der Waals surface area (Å²) in [6.45, 7) is -0.650. The highest BCUT2D eigenvalue weighted by atomic mass is 16.4. The summed E-state index contributed by atoms with van der Waals surface area (Å²) in [5, 5.41) is 8.57. The number of carbonyl (C=O) groups is 3. The van der Waals surface area contributed by atoms with Gasteiger partial charge in [0, 0.05) is 0 Å². The van der Waals surface area contributed by atoms with Crippen LogP contribution in [0.1, 0.15) is 0 Å². The number of amides is 3. The van der Waals surface area contributed by atoms with E-state index in [9.17, 15) is 14.4 Å². The highest BCUT2D eigenvalue weighted by molar-refractivity contribution is 6.22. The number of hydrogen-bond donors (Lipinski definition) is 1. The first-order valence-electron chi connectivity index (χ1n) is 4.60. The fraction of sp³-hybridized carbons (Fsp3) is 0.200. The number of imide groups is 1. The van der Waals surface area contributed by atoms with E-state index in [2.05, 4.69) is 4.99 Å². The maximum Gasteiger partial charge on any atom is 0.351 e. The second kappa shape index (κ2) is 3.73. The molecule has 16 heavy (non-hydrogen) atoms. The van der Waals surface area contributed by atoms with Gasteiger partial charge >= 0.3 is 12.0 Å². The molecule has 2 aliphatic rings. The maximum atomic E-state index is 11.8. The van der Waals surface area contributed by atoms with Gasteiger partial charge in [0.05, 0.1) is 11.6 Å². The van der Waals surface area contributed by atoms with Gasteiger partial charge in [0.25, 0.3) is 0 Å². The quantitative estimate of drug-likeness (QED) is 0.720. The van der Waals surface area contributed by atoms with Gasteiger partial charge < -0.3 is 5.11 Å². The van der Waals surface area contributed by atoms with E-state index in [0.717, 1.165) is 0 Å². The Kier molecular flexibility index (Phi) is 2.40. The molecule has 6 heteroatoms. The molecule has 1 heterocycles. The summed E-state index contributed by atoms with van der Waals surface area (Å²) < 4.78 is 0. The summed E-state index contributed by atoms with van der Waals surface area (Å²) in [4.78, 5) is 38.0. The molecule has 0 bridgehead atoms. The third kappa shape index (κ3) is 1.65. The van der Waals surface area contributed by atoms with Crippen molar-refractivity contribution in [1.82, 2.24) is 4.90 Å². The number of carboxylic acids is 1. The third-order valence-corrected chi connectivity index (χ3v) is 2.28. The largest absolute Gasteiger partial charge is 0.480 e. The number of rotatable bonds is 2. The van der Waals surface area contributed by atoms with Crippen LogP contribution in [0.3, 0.4) is 0 Å². The number of carboxylic acid groups (broad SMARTS) is 1. The molecule has 0 saturated carbocycles. The molecule has 1 N–H and O–H groups in total. The Morgan fingerprint density at radius 2 is 2.19 bits per heavy atom. The molecule has 1 atom stereocenters. The van der Waals surface area contributed by atoms with E-state index in [1.54, 1.807) is 24.3 Å². The fourth-order valence-corrected chi connectivity index (χ4v) is 1.56. The van der Waals surface area contributed by atoms with Crippen LogP contribution in [-0.4, -0.2) is 40.2 Å². The zero-order chi connectivity index (χ0) is 11.7. The lowest BCUT2D eigenvalue weighted by molar-refractivity contribution is -0.142. The van der Waals surface area contributed by atoms with E-state index in [0.29, 0.717) is 10.6 Å². The standard InChI is InChI=1S/C10H8N2O4/c13-8(14)5-12-9(15)6-3-1-2-4-7(6)11-10(12)16/h1-4,6H,5H2,(H,13,14). The van der Waals surface area contributed by atoms with Crippen molar-refractivity contribution in [2.45, 2.75) is 0 Å². The number of fused-ring (bicyclic) bond motifs is 1. The van der Waals surface area contributed by atoms with Crippen molar-refractivity contribution in [3.8, 4) is 0 Å². The minimum atomic E-state index is -1.24. The minimum absolute atomic E-state index is 0.360. The number of aliphatic carboxylic acids is 1. The highest BCUT2D eigenvalue weighted by Gasteiger charge is 2.36. The number of hydrogen-bond acceptors (Lipinski definition) is 3. The van der Waals surface area contributed by atoms with Crippen molar-refractivity contribution in [3.05, 3.63) is 24.3 Å². The van der Waals surface area contributed by atoms with Gasteiger partial charge in [-0.15, -0.1) is 0 Å². The van der Waals surface area contributed by atoms with Crippen LogP contribution in [0, 0.1) is 5.92 Å². The lowest BCUT2D eigenvalue weighted by Gasteiger charge is -2.26. The molecule has 1 aliphatic carbocycles. The van der Waals surface area contributed by atoms with E-state index in [1.165, 1.54) is 0 Å². The zero-order valence-corrected chi connectivity index (χ0v) is 8.16. The molecule has 0 spiro atoms. The second-order valence-electron chi connectivity index (χ2n) is 3.36. The summed E-state index contributed by atoms with van der Waals surface area (Å²) in [6.07, 6.45) is 6.49. The smallest absolute Gasteiger partial charge is 0.351 e. The fourth-order valence-electron chi connectivity index (χ4n) is 1.56. The predicted molar refractivity (Wildman–Crippen MR) is 53.9 cm³/mol. The first-order valence-corrected chi connectivity index (χ1v) is 4.60. The first kappa shape index (κ1) is 10.3. The average molecular weight is 220 g/mol. The van der Waals surface area contributed by atoms with Gasteiger partial charge in [0.1, 0.15) is 6.54 Å². The normalized spacial score (nSPS) is 23.1. The Labute approximate surface area is 90.6 Å². The Morgan fingerprint density at radius 3 is 2.88 bits per heavy atom. The molecule has 0 aromatic carbocycles. The van der Waals surface area contributed by atoms with E-state index >= 15 is 0 Å². The molecule has 6 nitrogen and oxygen atoms in total. The van der Waals surface area contributed by atoms with Gasteiger partial charge in [-0.25, -0.2) is 4.79 Å². The van der Waals surface area contributed by atoms with Crippen molar-refractivity contribution in [2.75, 3.05) is 6.54 Å². The highest BCUT2D eigenvalue weighted by Crippen LogP contribution is 2.19. The topological polar surface area (TPSA) is 87.0 Å². The van der Waals surface area contributed by atoms with Gasteiger partial charge in [0.15, 0.2) is 0 Å². The molecule has 2 rings (SSSR count). The Bertz CT molecular complexity index is 461.